The fraction of sp³-hybridized carbons (Fsp3) is 0.500. The Balaban J connectivity index is 2.26. The molecule has 2 aromatic rings. The first-order valence-electron chi connectivity index (χ1n) is 8.05. The van der Waals surface area contributed by atoms with Gasteiger partial charge in [-0.25, -0.2) is 0 Å². The van der Waals surface area contributed by atoms with E-state index in [9.17, 15) is 0 Å². The Morgan fingerprint density at radius 2 is 1.62 bits per heavy atom. The number of hydrogen-bond acceptors (Lipinski definition) is 6. The number of aromatic nitrogens is 3. The molecule has 0 unspecified atom stereocenters. The first kappa shape index (κ1) is 18.5. The van der Waals surface area contributed by atoms with Gasteiger partial charge in [0.1, 0.15) is 0 Å². The monoisotopic (exact) mass is 345 g/mol. The third kappa shape index (κ3) is 5.37. The highest BCUT2D eigenvalue weighted by atomic mass is 32.2. The van der Waals surface area contributed by atoms with Crippen LogP contribution in [0.3, 0.4) is 0 Å². The van der Waals surface area contributed by atoms with Gasteiger partial charge in [0, 0.05) is 17.5 Å². The van der Waals surface area contributed by atoms with Crippen LogP contribution in [0.15, 0.2) is 35.5 Å². The van der Waals surface area contributed by atoms with Gasteiger partial charge in [0.05, 0.1) is 0 Å². The second-order valence-corrected chi connectivity index (χ2v) is 9.44. The Morgan fingerprint density at radius 1 is 1.00 bits per heavy atom. The van der Waals surface area contributed by atoms with Crippen LogP contribution in [0.4, 0.5) is 17.6 Å². The molecular formula is C18H27N5S. The highest BCUT2D eigenvalue weighted by Gasteiger charge is 2.28. The molecular weight excluding hydrogens is 318 g/mol. The highest BCUT2D eigenvalue weighted by molar-refractivity contribution is 8.00. The Morgan fingerprint density at radius 3 is 2.21 bits per heavy atom. The van der Waals surface area contributed by atoms with Gasteiger partial charge in [-0.1, -0.05) is 64.6 Å². The fourth-order valence-corrected chi connectivity index (χ4v) is 4.15. The molecule has 0 saturated carbocycles. The number of nitrogens with zero attached hydrogens (tertiary/aromatic N) is 4. The molecule has 0 amide bonds. The van der Waals surface area contributed by atoms with Gasteiger partial charge in [0.25, 0.3) is 0 Å². The van der Waals surface area contributed by atoms with Gasteiger partial charge < -0.3 is 10.6 Å². The number of para-hydroxylation sites is 1. The lowest BCUT2D eigenvalue weighted by molar-refractivity contribution is 0.339. The zero-order valence-electron chi connectivity index (χ0n) is 15.4. The van der Waals surface area contributed by atoms with Crippen molar-refractivity contribution in [3.05, 3.63) is 30.3 Å². The summed E-state index contributed by atoms with van der Waals surface area (Å²) in [4.78, 5) is 15.1. The largest absolute Gasteiger partial charge is 0.368 e. The first-order valence-corrected chi connectivity index (χ1v) is 8.87. The number of thioether (sulfide) groups is 1. The van der Waals surface area contributed by atoms with Crippen LogP contribution in [0.1, 0.15) is 41.0 Å². The van der Waals surface area contributed by atoms with E-state index in [2.05, 4.69) is 49.6 Å². The second kappa shape index (κ2) is 6.97. The van der Waals surface area contributed by atoms with Crippen molar-refractivity contribution in [2.45, 2.75) is 50.9 Å². The normalized spacial score (nSPS) is 12.2. The van der Waals surface area contributed by atoms with E-state index in [0.29, 0.717) is 11.1 Å². The van der Waals surface area contributed by atoms with Crippen molar-refractivity contribution in [3.63, 3.8) is 0 Å². The third-order valence-corrected chi connectivity index (χ3v) is 4.45. The molecule has 0 aliphatic rings. The maximum atomic E-state index is 5.92. The topological polar surface area (TPSA) is 67.9 Å². The van der Waals surface area contributed by atoms with Crippen LogP contribution in [0.2, 0.25) is 0 Å². The van der Waals surface area contributed by atoms with Crippen molar-refractivity contribution in [2.24, 2.45) is 5.41 Å². The van der Waals surface area contributed by atoms with Gasteiger partial charge in [0.15, 0.2) is 5.16 Å². The maximum Gasteiger partial charge on any atom is 0.235 e. The predicted octanol–water partition coefficient (Wildman–Crippen LogP) is 4.53. The Labute approximate surface area is 149 Å². The molecule has 0 fully saturated rings. The molecule has 0 atom stereocenters. The van der Waals surface area contributed by atoms with Gasteiger partial charge in [-0.15, -0.1) is 0 Å². The molecule has 130 valence electrons. The van der Waals surface area contributed by atoms with E-state index in [1.807, 2.05) is 42.3 Å². The van der Waals surface area contributed by atoms with Crippen molar-refractivity contribution in [3.8, 4) is 0 Å². The molecule has 5 nitrogen and oxygen atoms in total. The summed E-state index contributed by atoms with van der Waals surface area (Å²) in [7, 11) is 1.93. The summed E-state index contributed by atoms with van der Waals surface area (Å²) < 4.78 is 0.00856. The minimum Gasteiger partial charge on any atom is -0.368 e. The average molecular weight is 346 g/mol. The molecule has 0 bridgehead atoms. The zero-order chi connectivity index (χ0) is 18.0. The number of rotatable bonds is 5. The minimum atomic E-state index is 0.00856. The van der Waals surface area contributed by atoms with Crippen LogP contribution in [0.5, 0.6) is 0 Å². The number of hydrogen-bond donors (Lipinski definition) is 1. The molecule has 0 aliphatic heterocycles. The van der Waals surface area contributed by atoms with Crippen LogP contribution < -0.4 is 10.6 Å². The van der Waals surface area contributed by atoms with Crippen molar-refractivity contribution in [2.75, 3.05) is 17.7 Å². The molecule has 6 heteroatoms. The van der Waals surface area contributed by atoms with Crippen molar-refractivity contribution in [1.29, 1.82) is 0 Å². The van der Waals surface area contributed by atoms with E-state index in [1.165, 1.54) is 0 Å². The Hall–Kier alpha value is -1.82. The van der Waals surface area contributed by atoms with Crippen molar-refractivity contribution >= 4 is 29.3 Å². The quantitative estimate of drug-likeness (QED) is 0.803. The second-order valence-electron chi connectivity index (χ2n) is 7.77. The van der Waals surface area contributed by atoms with Gasteiger partial charge in [0.2, 0.25) is 11.9 Å². The lowest BCUT2D eigenvalue weighted by atomic mass is 9.86. The average Bonchev–Trinajstić information content (AvgIpc) is 2.43. The summed E-state index contributed by atoms with van der Waals surface area (Å²) >= 11 is 1.64. The number of nitrogens with two attached hydrogens (primary N) is 1. The molecule has 0 radical (unpaired) electrons. The van der Waals surface area contributed by atoms with Crippen LogP contribution in [-0.4, -0.2) is 26.7 Å². The number of nitrogen functional groups attached to an aromatic ring is 1. The maximum absolute atomic E-state index is 5.92. The molecule has 24 heavy (non-hydrogen) atoms. The first-order chi connectivity index (χ1) is 11.1. The van der Waals surface area contributed by atoms with Gasteiger partial charge >= 0.3 is 0 Å². The van der Waals surface area contributed by atoms with E-state index < -0.39 is 0 Å². The summed E-state index contributed by atoms with van der Waals surface area (Å²) in [6, 6.07) is 9.97. The van der Waals surface area contributed by atoms with Crippen LogP contribution in [0.25, 0.3) is 0 Å². The molecule has 0 aliphatic carbocycles. The van der Waals surface area contributed by atoms with E-state index in [-0.39, 0.29) is 16.1 Å². The molecule has 2 rings (SSSR count). The summed E-state index contributed by atoms with van der Waals surface area (Å²) in [5.74, 6) is 0.805. The number of anilines is 3. The van der Waals surface area contributed by atoms with Gasteiger partial charge in [-0.05, 0) is 24.0 Å². The summed E-state index contributed by atoms with van der Waals surface area (Å²) in [5.41, 5.74) is 7.16. The van der Waals surface area contributed by atoms with Gasteiger partial charge in [-0.3, -0.25) is 0 Å². The molecule has 1 aromatic heterocycles. The van der Waals surface area contributed by atoms with Crippen LogP contribution >= 0.6 is 11.8 Å². The molecule has 0 saturated heterocycles. The van der Waals surface area contributed by atoms with Crippen LogP contribution in [0, 0.1) is 5.41 Å². The van der Waals surface area contributed by atoms with E-state index in [0.717, 1.165) is 12.1 Å². The fourth-order valence-electron chi connectivity index (χ4n) is 2.88. The molecule has 0 spiro atoms. The van der Waals surface area contributed by atoms with E-state index in [4.69, 9.17) is 5.73 Å². The molecule has 2 N–H and O–H groups in total. The van der Waals surface area contributed by atoms with Crippen LogP contribution in [-0.2, 0) is 0 Å². The smallest absolute Gasteiger partial charge is 0.235 e. The molecule has 1 aromatic carbocycles. The molecule has 1 heterocycles. The number of benzene rings is 1. The summed E-state index contributed by atoms with van der Waals surface area (Å²) in [6.07, 6.45) is 1.04. The Kier molecular flexibility index (Phi) is 5.38. The third-order valence-electron chi connectivity index (χ3n) is 3.39. The van der Waals surface area contributed by atoms with Gasteiger partial charge in [-0.2, -0.15) is 15.0 Å². The highest BCUT2D eigenvalue weighted by Crippen LogP contribution is 2.40. The lowest BCUT2D eigenvalue weighted by Crippen LogP contribution is -2.24. The minimum absolute atomic E-state index is 0.00856. The van der Waals surface area contributed by atoms with E-state index >= 15 is 0 Å². The van der Waals surface area contributed by atoms with Crippen molar-refractivity contribution in [1.82, 2.24) is 15.0 Å². The predicted molar refractivity (Wildman–Crippen MR) is 103 cm³/mol. The van der Waals surface area contributed by atoms with Crippen molar-refractivity contribution < 1.29 is 0 Å². The lowest BCUT2D eigenvalue weighted by Gasteiger charge is -2.31. The van der Waals surface area contributed by atoms with E-state index in [1.54, 1.807) is 11.8 Å². The standard InChI is InChI=1S/C18H27N5S/c1-17(2,3)12-18(4,5)24-16-21-14(19)20-15(22-16)23(6)13-10-8-7-9-11-13/h7-11H,12H2,1-6H3,(H2,19,20,21,22). The Bertz CT molecular complexity index is 680. The summed E-state index contributed by atoms with van der Waals surface area (Å²) in [5, 5.41) is 0.662. The SMILES string of the molecule is CN(c1ccccc1)c1nc(N)nc(SC(C)(C)CC(C)(C)C)n1. The summed E-state index contributed by atoms with van der Waals surface area (Å²) in [6.45, 7) is 11.1. The zero-order valence-corrected chi connectivity index (χ0v) is 16.2.